The standard InChI is InChI=1S/C19H16ClN3O5/c20-17-5-3-13(23(25)26)9-16(17)18-6-4-14(28-18)8-12(10-21)19(24)22-11-15-2-1-7-27-15/h3-6,8-9,15H,1-2,7,11H2,(H,22,24)/b12-8+/t15-/m0/s1. The highest BCUT2D eigenvalue weighted by molar-refractivity contribution is 6.33. The summed E-state index contributed by atoms with van der Waals surface area (Å²) >= 11 is 6.11. The Hall–Kier alpha value is -3.15. The normalized spacial score (nSPS) is 16.6. The summed E-state index contributed by atoms with van der Waals surface area (Å²) in [4.78, 5) is 22.6. The molecule has 1 amide bonds. The molecule has 1 aromatic heterocycles. The molecule has 1 saturated heterocycles. The quantitative estimate of drug-likeness (QED) is 0.341. The van der Waals surface area contributed by atoms with Crippen LogP contribution in [0.3, 0.4) is 0 Å². The van der Waals surface area contributed by atoms with E-state index in [0.717, 1.165) is 12.8 Å². The van der Waals surface area contributed by atoms with Crippen LogP contribution in [0.25, 0.3) is 17.4 Å². The largest absolute Gasteiger partial charge is 0.457 e. The topological polar surface area (TPSA) is 118 Å². The van der Waals surface area contributed by atoms with Crippen molar-refractivity contribution in [2.75, 3.05) is 13.2 Å². The van der Waals surface area contributed by atoms with Crippen LogP contribution >= 0.6 is 11.6 Å². The maximum absolute atomic E-state index is 12.2. The van der Waals surface area contributed by atoms with Crippen molar-refractivity contribution in [2.45, 2.75) is 18.9 Å². The molecule has 1 atom stereocenters. The minimum absolute atomic E-state index is 0.0323. The summed E-state index contributed by atoms with van der Waals surface area (Å²) in [6.45, 7) is 1.02. The minimum Gasteiger partial charge on any atom is -0.457 e. The summed E-state index contributed by atoms with van der Waals surface area (Å²) in [5, 5.41) is 23.2. The second-order valence-electron chi connectivity index (χ2n) is 6.14. The molecule has 0 unspecified atom stereocenters. The second-order valence-corrected chi connectivity index (χ2v) is 6.55. The van der Waals surface area contributed by atoms with Crippen molar-refractivity contribution < 1.29 is 18.9 Å². The van der Waals surface area contributed by atoms with Crippen LogP contribution in [0.4, 0.5) is 5.69 Å². The lowest BCUT2D eigenvalue weighted by atomic mass is 10.1. The third-order valence-electron chi connectivity index (χ3n) is 4.22. The average molecular weight is 402 g/mol. The van der Waals surface area contributed by atoms with Crippen molar-refractivity contribution in [3.8, 4) is 17.4 Å². The number of ether oxygens (including phenoxy) is 1. The number of nitrogens with one attached hydrogen (secondary N) is 1. The lowest BCUT2D eigenvalue weighted by molar-refractivity contribution is -0.384. The summed E-state index contributed by atoms with van der Waals surface area (Å²) < 4.78 is 11.0. The molecule has 1 fully saturated rings. The number of furan rings is 1. The Balaban J connectivity index is 1.76. The van der Waals surface area contributed by atoms with E-state index in [2.05, 4.69) is 5.32 Å². The molecule has 28 heavy (non-hydrogen) atoms. The van der Waals surface area contributed by atoms with Crippen molar-refractivity contribution in [2.24, 2.45) is 0 Å². The number of nitrogens with zero attached hydrogens (tertiary/aromatic N) is 2. The number of nitriles is 1. The van der Waals surface area contributed by atoms with Crippen molar-refractivity contribution in [3.63, 3.8) is 0 Å². The fraction of sp³-hybridized carbons (Fsp3) is 0.263. The molecule has 1 aliphatic heterocycles. The first kappa shape index (κ1) is 19.6. The van der Waals surface area contributed by atoms with E-state index in [4.69, 9.17) is 20.8 Å². The lowest BCUT2D eigenvalue weighted by Crippen LogP contribution is -2.32. The van der Waals surface area contributed by atoms with Gasteiger partial charge in [-0.1, -0.05) is 11.6 Å². The Morgan fingerprint density at radius 2 is 2.25 bits per heavy atom. The highest BCUT2D eigenvalue weighted by Crippen LogP contribution is 2.33. The van der Waals surface area contributed by atoms with E-state index in [-0.39, 0.29) is 33.9 Å². The molecule has 2 aromatic rings. The maximum Gasteiger partial charge on any atom is 0.270 e. The molecular weight excluding hydrogens is 386 g/mol. The van der Waals surface area contributed by atoms with Gasteiger partial charge in [0.05, 0.1) is 16.0 Å². The van der Waals surface area contributed by atoms with Gasteiger partial charge < -0.3 is 14.5 Å². The first-order chi connectivity index (χ1) is 13.5. The molecule has 3 rings (SSSR count). The summed E-state index contributed by atoms with van der Waals surface area (Å²) in [7, 11) is 0. The third-order valence-corrected chi connectivity index (χ3v) is 4.55. The first-order valence-corrected chi connectivity index (χ1v) is 8.91. The van der Waals surface area contributed by atoms with Crippen molar-refractivity contribution in [1.82, 2.24) is 5.32 Å². The highest BCUT2D eigenvalue weighted by Gasteiger charge is 2.18. The third kappa shape index (κ3) is 4.57. The maximum atomic E-state index is 12.2. The number of non-ortho nitro benzene ring substituents is 1. The Kier molecular flexibility index (Phi) is 6.09. The molecule has 0 saturated carbocycles. The van der Waals surface area contributed by atoms with Crippen LogP contribution < -0.4 is 5.32 Å². The van der Waals surface area contributed by atoms with Gasteiger partial charge in [0.15, 0.2) is 0 Å². The zero-order valence-electron chi connectivity index (χ0n) is 14.7. The molecule has 1 N–H and O–H groups in total. The monoisotopic (exact) mass is 401 g/mol. The van der Waals surface area contributed by atoms with Gasteiger partial charge in [0.2, 0.25) is 0 Å². The number of nitro benzene ring substituents is 1. The number of halogens is 1. The van der Waals surface area contributed by atoms with Crippen LogP contribution in [-0.4, -0.2) is 30.1 Å². The molecule has 0 bridgehead atoms. The van der Waals surface area contributed by atoms with Gasteiger partial charge in [-0.05, 0) is 31.0 Å². The van der Waals surface area contributed by atoms with Gasteiger partial charge in [0, 0.05) is 36.9 Å². The smallest absolute Gasteiger partial charge is 0.270 e. The predicted octanol–water partition coefficient (Wildman–Crippen LogP) is 3.71. The molecule has 8 nitrogen and oxygen atoms in total. The number of carbonyl (C=O) groups excluding carboxylic acids is 1. The number of benzene rings is 1. The van der Waals surface area contributed by atoms with Crippen LogP contribution in [-0.2, 0) is 9.53 Å². The predicted molar refractivity (Wildman–Crippen MR) is 101 cm³/mol. The van der Waals surface area contributed by atoms with E-state index in [9.17, 15) is 20.2 Å². The van der Waals surface area contributed by atoms with E-state index in [0.29, 0.717) is 18.7 Å². The highest BCUT2D eigenvalue weighted by atomic mass is 35.5. The number of nitro groups is 1. The van der Waals surface area contributed by atoms with Crippen LogP contribution in [0.15, 0.2) is 40.3 Å². The Morgan fingerprint density at radius 1 is 1.43 bits per heavy atom. The first-order valence-electron chi connectivity index (χ1n) is 8.53. The molecule has 2 heterocycles. The van der Waals surface area contributed by atoms with Gasteiger partial charge in [0.25, 0.3) is 11.6 Å². The summed E-state index contributed by atoms with van der Waals surface area (Å²) in [6.07, 6.45) is 3.10. The van der Waals surface area contributed by atoms with Gasteiger partial charge in [-0.2, -0.15) is 5.26 Å². The van der Waals surface area contributed by atoms with Crippen LogP contribution in [0.1, 0.15) is 18.6 Å². The van der Waals surface area contributed by atoms with Gasteiger partial charge >= 0.3 is 0 Å². The summed E-state index contributed by atoms with van der Waals surface area (Å²) in [5.74, 6) is 0.0164. The molecular formula is C19H16ClN3O5. The van der Waals surface area contributed by atoms with Gasteiger partial charge in [-0.25, -0.2) is 0 Å². The lowest BCUT2D eigenvalue weighted by Gasteiger charge is -2.09. The minimum atomic E-state index is -0.532. The van der Waals surface area contributed by atoms with Gasteiger partial charge in [0.1, 0.15) is 23.2 Å². The fourth-order valence-corrected chi connectivity index (χ4v) is 3.00. The Morgan fingerprint density at radius 3 is 2.93 bits per heavy atom. The Bertz CT molecular complexity index is 970. The molecule has 0 radical (unpaired) electrons. The SMILES string of the molecule is N#C/C(=C\c1ccc(-c2cc([N+](=O)[O-])ccc2Cl)o1)C(=O)NC[C@@H]1CCCO1. The molecule has 144 valence electrons. The average Bonchev–Trinajstić information content (AvgIpc) is 3.36. The van der Waals surface area contributed by atoms with Gasteiger partial charge in [-0.3, -0.25) is 14.9 Å². The number of hydrogen-bond acceptors (Lipinski definition) is 6. The van der Waals surface area contributed by atoms with Crippen molar-refractivity contribution >= 4 is 29.3 Å². The molecule has 1 aliphatic rings. The van der Waals surface area contributed by atoms with Crippen molar-refractivity contribution in [1.29, 1.82) is 5.26 Å². The Labute approximate surface area is 165 Å². The second kappa shape index (κ2) is 8.69. The van der Waals surface area contributed by atoms with E-state index < -0.39 is 10.8 Å². The zero-order valence-corrected chi connectivity index (χ0v) is 15.4. The molecule has 0 spiro atoms. The van der Waals surface area contributed by atoms with E-state index in [1.165, 1.54) is 24.3 Å². The summed E-state index contributed by atoms with van der Waals surface area (Å²) in [6, 6.07) is 8.96. The number of carbonyl (C=O) groups is 1. The molecule has 9 heteroatoms. The molecule has 0 aliphatic carbocycles. The number of hydrogen-bond donors (Lipinski definition) is 1. The van der Waals surface area contributed by atoms with Crippen molar-refractivity contribution in [3.05, 3.63) is 56.8 Å². The number of rotatable bonds is 6. The van der Waals surface area contributed by atoms with E-state index in [1.807, 2.05) is 6.07 Å². The van der Waals surface area contributed by atoms with Gasteiger partial charge in [-0.15, -0.1) is 0 Å². The van der Waals surface area contributed by atoms with E-state index >= 15 is 0 Å². The van der Waals surface area contributed by atoms with Crippen LogP contribution in [0, 0.1) is 21.4 Å². The summed E-state index contributed by atoms with van der Waals surface area (Å²) in [5.41, 5.74) is 0.0972. The zero-order chi connectivity index (χ0) is 20.1. The fourth-order valence-electron chi connectivity index (χ4n) is 2.79. The van der Waals surface area contributed by atoms with E-state index in [1.54, 1.807) is 12.1 Å². The van der Waals surface area contributed by atoms with Crippen LogP contribution in [0.2, 0.25) is 5.02 Å². The van der Waals surface area contributed by atoms with Crippen LogP contribution in [0.5, 0.6) is 0 Å². The number of amides is 1. The molecule has 1 aromatic carbocycles.